The monoisotopic (exact) mass is 261 g/mol. The number of aromatic nitrogens is 2. The number of carbonyl (C=O) groups excluding carboxylic acids is 1. The first kappa shape index (κ1) is 12.5. The molecule has 2 aliphatic rings. The molecule has 0 radical (unpaired) electrons. The van der Waals surface area contributed by atoms with Gasteiger partial charge in [-0.2, -0.15) is 5.10 Å². The van der Waals surface area contributed by atoms with E-state index in [0.29, 0.717) is 6.42 Å². The molecule has 1 aromatic rings. The summed E-state index contributed by atoms with van der Waals surface area (Å²) in [6.07, 6.45) is 4.14. The lowest BCUT2D eigenvalue weighted by Crippen LogP contribution is -2.37. The maximum absolute atomic E-state index is 12.2. The van der Waals surface area contributed by atoms with E-state index in [1.54, 1.807) is 6.07 Å². The predicted octanol–water partition coefficient (Wildman–Crippen LogP) is 0.915. The van der Waals surface area contributed by atoms with E-state index in [4.69, 9.17) is 0 Å². The molecule has 0 spiro atoms. The Bertz CT molecular complexity index is 564. The molecule has 1 saturated carbocycles. The molecule has 1 aromatic heterocycles. The lowest BCUT2D eigenvalue weighted by atomic mass is 9.94. The second kappa shape index (κ2) is 4.89. The molecule has 0 aromatic carbocycles. The van der Waals surface area contributed by atoms with Crippen molar-refractivity contribution in [3.05, 3.63) is 27.7 Å². The second-order valence-electron chi connectivity index (χ2n) is 5.61. The summed E-state index contributed by atoms with van der Waals surface area (Å²) in [5, 5.41) is 4.48. The predicted molar refractivity (Wildman–Crippen MR) is 71.0 cm³/mol. The van der Waals surface area contributed by atoms with Gasteiger partial charge in [-0.3, -0.25) is 9.59 Å². The van der Waals surface area contributed by atoms with E-state index in [0.717, 1.165) is 50.0 Å². The summed E-state index contributed by atoms with van der Waals surface area (Å²) in [6.45, 7) is 1.73. The molecular weight excluding hydrogens is 242 g/mol. The molecule has 0 saturated heterocycles. The summed E-state index contributed by atoms with van der Waals surface area (Å²) in [4.78, 5) is 26.3. The number of carbonyl (C=O) groups is 1. The number of hydrogen-bond acceptors (Lipinski definition) is 4. The van der Waals surface area contributed by atoms with Crippen LogP contribution in [0.15, 0.2) is 10.9 Å². The first-order valence-corrected chi connectivity index (χ1v) is 6.98. The summed E-state index contributed by atoms with van der Waals surface area (Å²) in [7, 11) is 2.04. The van der Waals surface area contributed by atoms with Crippen molar-refractivity contribution in [3.8, 4) is 0 Å². The van der Waals surface area contributed by atoms with Gasteiger partial charge in [-0.05, 0) is 25.5 Å². The molecule has 102 valence electrons. The number of nitrogens with zero attached hydrogens (tertiary/aromatic N) is 3. The highest BCUT2D eigenvalue weighted by Gasteiger charge is 2.27. The molecule has 0 N–H and O–H groups in total. The third-order valence-corrected chi connectivity index (χ3v) is 4.11. The molecule has 5 heteroatoms. The summed E-state index contributed by atoms with van der Waals surface area (Å²) in [6, 6.07) is 1.34. The maximum Gasteiger partial charge on any atom is 0.267 e. The summed E-state index contributed by atoms with van der Waals surface area (Å²) >= 11 is 0. The fourth-order valence-electron chi connectivity index (χ4n) is 3.00. The van der Waals surface area contributed by atoms with Gasteiger partial charge < -0.3 is 4.90 Å². The van der Waals surface area contributed by atoms with Crippen LogP contribution in [0.1, 0.15) is 43.0 Å². The zero-order valence-corrected chi connectivity index (χ0v) is 11.3. The number of likely N-dealkylation sites (N-methyl/N-ethyl adjacent to an activating group) is 1. The highest BCUT2D eigenvalue weighted by molar-refractivity contribution is 5.83. The number of fused-ring (bicyclic) bond motifs is 1. The summed E-state index contributed by atoms with van der Waals surface area (Å²) < 4.78 is 1.44. The Morgan fingerprint density at radius 2 is 2.11 bits per heavy atom. The smallest absolute Gasteiger partial charge is 0.267 e. The minimum absolute atomic E-state index is 0.130. The van der Waals surface area contributed by atoms with Gasteiger partial charge in [0.15, 0.2) is 5.78 Å². The quantitative estimate of drug-likeness (QED) is 0.754. The number of Topliss-reactive ketones (excluding diaryl/α,β-unsaturated/α-hetero) is 1. The Hall–Kier alpha value is -1.49. The van der Waals surface area contributed by atoms with Crippen LogP contribution in [0.5, 0.6) is 0 Å². The molecule has 2 heterocycles. The molecule has 3 rings (SSSR count). The van der Waals surface area contributed by atoms with Crippen LogP contribution in [0.25, 0.3) is 0 Å². The SMILES string of the molecule is CN1CCc2nn(C3CCCCC3=O)c(=O)cc2C1. The molecule has 0 amide bonds. The van der Waals surface area contributed by atoms with Crippen LogP contribution >= 0.6 is 0 Å². The highest BCUT2D eigenvalue weighted by atomic mass is 16.1. The number of rotatable bonds is 1. The van der Waals surface area contributed by atoms with Gasteiger partial charge in [0.25, 0.3) is 5.56 Å². The minimum atomic E-state index is -0.328. The van der Waals surface area contributed by atoms with Gasteiger partial charge in [0.1, 0.15) is 6.04 Å². The lowest BCUT2D eigenvalue weighted by molar-refractivity contribution is -0.124. The zero-order valence-electron chi connectivity index (χ0n) is 11.3. The van der Waals surface area contributed by atoms with Crippen molar-refractivity contribution in [1.82, 2.24) is 14.7 Å². The van der Waals surface area contributed by atoms with E-state index < -0.39 is 0 Å². The van der Waals surface area contributed by atoms with E-state index in [1.165, 1.54) is 4.68 Å². The maximum atomic E-state index is 12.2. The second-order valence-corrected chi connectivity index (χ2v) is 5.61. The van der Waals surface area contributed by atoms with Crippen LogP contribution in [0.3, 0.4) is 0 Å². The van der Waals surface area contributed by atoms with Crippen LogP contribution < -0.4 is 5.56 Å². The Kier molecular flexibility index (Phi) is 3.22. The van der Waals surface area contributed by atoms with E-state index in [9.17, 15) is 9.59 Å². The standard InChI is InChI=1S/C14H19N3O2/c1-16-7-6-11-10(9-16)8-14(19)17(15-11)12-4-2-3-5-13(12)18/h8,12H,2-7,9H2,1H3. The van der Waals surface area contributed by atoms with Crippen LogP contribution in [0, 0.1) is 0 Å². The molecule has 1 fully saturated rings. The van der Waals surface area contributed by atoms with Crippen LogP contribution in [-0.4, -0.2) is 34.1 Å². The fraction of sp³-hybridized carbons (Fsp3) is 0.643. The first-order chi connectivity index (χ1) is 9.15. The van der Waals surface area contributed by atoms with Crippen molar-refractivity contribution < 1.29 is 4.79 Å². The lowest BCUT2D eigenvalue weighted by Gasteiger charge is -2.27. The fourth-order valence-corrected chi connectivity index (χ4v) is 3.00. The largest absolute Gasteiger partial charge is 0.302 e. The van der Waals surface area contributed by atoms with E-state index in [-0.39, 0.29) is 17.4 Å². The van der Waals surface area contributed by atoms with Gasteiger partial charge in [0, 0.05) is 32.0 Å². The van der Waals surface area contributed by atoms with E-state index in [2.05, 4.69) is 10.00 Å². The third kappa shape index (κ3) is 2.34. The molecule has 1 aliphatic carbocycles. The van der Waals surface area contributed by atoms with Crippen molar-refractivity contribution >= 4 is 5.78 Å². The Balaban J connectivity index is 1.98. The normalized spacial score (nSPS) is 24.3. The Morgan fingerprint density at radius 1 is 1.26 bits per heavy atom. The van der Waals surface area contributed by atoms with Crippen LogP contribution in [0.2, 0.25) is 0 Å². The van der Waals surface area contributed by atoms with Crippen molar-refractivity contribution in [1.29, 1.82) is 0 Å². The average molecular weight is 261 g/mol. The molecule has 0 bridgehead atoms. The highest BCUT2D eigenvalue weighted by Crippen LogP contribution is 2.24. The molecular formula is C14H19N3O2. The van der Waals surface area contributed by atoms with Crippen LogP contribution in [0.4, 0.5) is 0 Å². The third-order valence-electron chi connectivity index (χ3n) is 4.11. The molecule has 1 unspecified atom stereocenters. The topological polar surface area (TPSA) is 55.2 Å². The van der Waals surface area contributed by atoms with Gasteiger partial charge in [0.05, 0.1) is 5.69 Å². The average Bonchev–Trinajstić information content (AvgIpc) is 2.39. The van der Waals surface area contributed by atoms with Crippen molar-refractivity contribution in [2.75, 3.05) is 13.6 Å². The molecule has 5 nitrogen and oxygen atoms in total. The number of hydrogen-bond donors (Lipinski definition) is 0. The van der Waals surface area contributed by atoms with Crippen LogP contribution in [-0.2, 0) is 17.8 Å². The molecule has 1 aliphatic heterocycles. The van der Waals surface area contributed by atoms with Crippen molar-refractivity contribution in [2.45, 2.75) is 44.7 Å². The Labute approximate surface area is 112 Å². The zero-order chi connectivity index (χ0) is 13.4. The first-order valence-electron chi connectivity index (χ1n) is 6.98. The number of ketones is 1. The Morgan fingerprint density at radius 3 is 2.89 bits per heavy atom. The molecule has 19 heavy (non-hydrogen) atoms. The van der Waals surface area contributed by atoms with Gasteiger partial charge in [0.2, 0.25) is 0 Å². The van der Waals surface area contributed by atoms with E-state index in [1.807, 2.05) is 7.05 Å². The van der Waals surface area contributed by atoms with E-state index >= 15 is 0 Å². The molecule has 1 atom stereocenters. The van der Waals surface area contributed by atoms with Gasteiger partial charge in [-0.15, -0.1) is 0 Å². The summed E-state index contributed by atoms with van der Waals surface area (Å²) in [5.41, 5.74) is 1.86. The van der Waals surface area contributed by atoms with Gasteiger partial charge in [-0.1, -0.05) is 6.42 Å². The van der Waals surface area contributed by atoms with Gasteiger partial charge >= 0.3 is 0 Å². The minimum Gasteiger partial charge on any atom is -0.302 e. The van der Waals surface area contributed by atoms with Gasteiger partial charge in [-0.25, -0.2) is 4.68 Å². The van der Waals surface area contributed by atoms with Crippen molar-refractivity contribution in [2.24, 2.45) is 0 Å². The summed E-state index contributed by atoms with van der Waals surface area (Å²) in [5.74, 6) is 0.161. The van der Waals surface area contributed by atoms with Crippen molar-refractivity contribution in [3.63, 3.8) is 0 Å².